The second-order valence-electron chi connectivity index (χ2n) is 5.44. The lowest BCUT2D eigenvalue weighted by atomic mass is 10.1. The van der Waals surface area contributed by atoms with Gasteiger partial charge in [-0.25, -0.2) is 4.98 Å². The maximum absolute atomic E-state index is 12.4. The Morgan fingerprint density at radius 2 is 2.23 bits per heavy atom. The van der Waals surface area contributed by atoms with Crippen LogP contribution < -0.4 is 0 Å². The molecule has 0 saturated heterocycles. The number of hydrogen-bond acceptors (Lipinski definition) is 5. The molecule has 5 nitrogen and oxygen atoms in total. The third-order valence-electron chi connectivity index (χ3n) is 3.02. The number of rotatable bonds is 3. The summed E-state index contributed by atoms with van der Waals surface area (Å²) in [5.74, 6) is 5.68. The van der Waals surface area contributed by atoms with Crippen molar-refractivity contribution in [2.45, 2.75) is 32.4 Å². The Morgan fingerprint density at radius 3 is 2.82 bits per heavy atom. The quantitative estimate of drug-likeness (QED) is 0.884. The highest BCUT2D eigenvalue weighted by Gasteiger charge is 2.23. The minimum absolute atomic E-state index is 0.136. The number of hydrogen-bond donors (Lipinski definition) is 1. The van der Waals surface area contributed by atoms with Crippen molar-refractivity contribution in [2.75, 3.05) is 7.05 Å². The van der Waals surface area contributed by atoms with Crippen LogP contribution in [0.3, 0.4) is 0 Å². The van der Waals surface area contributed by atoms with E-state index in [0.29, 0.717) is 5.76 Å². The molecule has 0 bridgehead atoms. The van der Waals surface area contributed by atoms with Gasteiger partial charge >= 0.3 is 0 Å². The van der Waals surface area contributed by atoms with E-state index >= 15 is 0 Å². The predicted octanol–water partition coefficient (Wildman–Crippen LogP) is 2.69. The van der Waals surface area contributed by atoms with Crippen LogP contribution in [0.2, 0.25) is 0 Å². The van der Waals surface area contributed by atoms with Gasteiger partial charge in [-0.2, -0.15) is 0 Å². The number of furan rings is 1. The third kappa shape index (κ3) is 3.97. The summed E-state index contributed by atoms with van der Waals surface area (Å²) in [6.07, 6.45) is 1.71. The topological polar surface area (TPSA) is 66.6 Å². The molecule has 0 aliphatic carbocycles. The monoisotopic (exact) mass is 318 g/mol. The van der Waals surface area contributed by atoms with E-state index in [2.05, 4.69) is 16.8 Å². The zero-order chi connectivity index (χ0) is 16.3. The molecule has 0 fully saturated rings. The van der Waals surface area contributed by atoms with Crippen LogP contribution in [0.25, 0.3) is 0 Å². The summed E-state index contributed by atoms with van der Waals surface area (Å²) in [7, 11) is 1.71. The van der Waals surface area contributed by atoms with Gasteiger partial charge in [-0.05, 0) is 38.8 Å². The van der Waals surface area contributed by atoms with Crippen molar-refractivity contribution in [1.29, 1.82) is 0 Å². The van der Waals surface area contributed by atoms with E-state index in [1.54, 1.807) is 44.1 Å². The zero-order valence-corrected chi connectivity index (χ0v) is 13.8. The van der Waals surface area contributed by atoms with E-state index in [1.807, 2.05) is 12.3 Å². The van der Waals surface area contributed by atoms with Crippen LogP contribution in [0, 0.1) is 11.8 Å². The van der Waals surface area contributed by atoms with Gasteiger partial charge in [0.2, 0.25) is 0 Å². The van der Waals surface area contributed by atoms with Crippen LogP contribution in [-0.2, 0) is 0 Å². The Hall–Kier alpha value is -2.10. The molecule has 0 aromatic carbocycles. The predicted molar refractivity (Wildman–Crippen MR) is 84.5 cm³/mol. The van der Waals surface area contributed by atoms with Gasteiger partial charge in [0.05, 0.1) is 6.04 Å². The highest BCUT2D eigenvalue weighted by atomic mass is 32.1. The number of aromatic nitrogens is 1. The lowest BCUT2D eigenvalue weighted by Crippen LogP contribution is -2.29. The maximum Gasteiger partial charge on any atom is 0.289 e. The molecule has 2 aromatic rings. The molecule has 0 saturated carbocycles. The van der Waals surface area contributed by atoms with Gasteiger partial charge in [-0.3, -0.25) is 4.79 Å². The first kappa shape index (κ1) is 16.3. The summed E-state index contributed by atoms with van der Waals surface area (Å²) < 4.78 is 5.44. The molecule has 0 spiro atoms. The van der Waals surface area contributed by atoms with Gasteiger partial charge in [0.1, 0.15) is 10.6 Å². The fourth-order valence-corrected chi connectivity index (χ4v) is 2.43. The third-order valence-corrected chi connectivity index (χ3v) is 3.96. The Balaban J connectivity index is 2.13. The lowest BCUT2D eigenvalue weighted by molar-refractivity contribution is 0.0709. The van der Waals surface area contributed by atoms with Gasteiger partial charge in [0, 0.05) is 18.6 Å². The number of nitrogens with zero attached hydrogens (tertiary/aromatic N) is 2. The molecule has 6 heteroatoms. The fourth-order valence-electron chi connectivity index (χ4n) is 1.69. The van der Waals surface area contributed by atoms with E-state index in [0.717, 1.165) is 5.01 Å². The first-order chi connectivity index (χ1) is 10.3. The SMILES string of the molecule is C[C@@H](c1nccs1)N(C)C(=O)c1ccc(C#CC(C)(C)O)o1. The van der Waals surface area contributed by atoms with Crippen molar-refractivity contribution in [2.24, 2.45) is 0 Å². The molecule has 22 heavy (non-hydrogen) atoms. The van der Waals surface area contributed by atoms with Gasteiger partial charge in [-0.15, -0.1) is 11.3 Å². The molecule has 2 aromatic heterocycles. The van der Waals surface area contributed by atoms with E-state index in [1.165, 1.54) is 11.3 Å². The van der Waals surface area contributed by atoms with E-state index in [4.69, 9.17) is 4.42 Å². The molecule has 0 aliphatic rings. The highest BCUT2D eigenvalue weighted by molar-refractivity contribution is 7.09. The summed E-state index contributed by atoms with van der Waals surface area (Å²) in [6, 6.07) is 3.07. The van der Waals surface area contributed by atoms with Crippen LogP contribution in [0.4, 0.5) is 0 Å². The maximum atomic E-state index is 12.4. The normalized spacial score (nSPS) is 12.4. The first-order valence-electron chi connectivity index (χ1n) is 6.80. The number of thiazole rings is 1. The van der Waals surface area contributed by atoms with E-state index in [-0.39, 0.29) is 17.7 Å². The van der Waals surface area contributed by atoms with Crippen LogP contribution in [0.1, 0.15) is 48.1 Å². The van der Waals surface area contributed by atoms with Crippen molar-refractivity contribution < 1.29 is 14.3 Å². The highest BCUT2D eigenvalue weighted by Crippen LogP contribution is 2.23. The van der Waals surface area contributed by atoms with Crippen molar-refractivity contribution in [3.63, 3.8) is 0 Å². The first-order valence-corrected chi connectivity index (χ1v) is 7.68. The molecule has 2 heterocycles. The molecule has 1 amide bonds. The number of aliphatic hydroxyl groups is 1. The Bertz CT molecular complexity index is 702. The number of amides is 1. The molecule has 0 radical (unpaired) electrons. The van der Waals surface area contributed by atoms with Crippen molar-refractivity contribution in [1.82, 2.24) is 9.88 Å². The Kier molecular flexibility index (Phi) is 4.69. The molecule has 1 N–H and O–H groups in total. The van der Waals surface area contributed by atoms with E-state index < -0.39 is 5.60 Å². The van der Waals surface area contributed by atoms with Crippen molar-refractivity contribution in [3.05, 3.63) is 40.2 Å². The second kappa shape index (κ2) is 6.34. The average Bonchev–Trinajstić information content (AvgIpc) is 3.13. The number of carbonyl (C=O) groups is 1. The minimum atomic E-state index is -1.10. The van der Waals surface area contributed by atoms with Crippen LogP contribution in [-0.4, -0.2) is 33.5 Å². The van der Waals surface area contributed by atoms with Gasteiger partial charge < -0.3 is 14.4 Å². The summed E-state index contributed by atoms with van der Waals surface area (Å²) in [5.41, 5.74) is -1.10. The molecular formula is C16H18N2O3S. The summed E-state index contributed by atoms with van der Waals surface area (Å²) in [4.78, 5) is 18.2. The molecule has 0 unspecified atom stereocenters. The average molecular weight is 318 g/mol. The zero-order valence-electron chi connectivity index (χ0n) is 13.0. The minimum Gasteiger partial charge on any atom is -0.443 e. The molecule has 2 rings (SSSR count). The fraction of sp³-hybridized carbons (Fsp3) is 0.375. The van der Waals surface area contributed by atoms with Gasteiger partial charge in [0.25, 0.3) is 5.91 Å². The Morgan fingerprint density at radius 1 is 1.50 bits per heavy atom. The summed E-state index contributed by atoms with van der Waals surface area (Å²) in [6.45, 7) is 5.08. The standard InChI is InChI=1S/C16H18N2O3S/c1-11(14-17-9-10-22-14)18(4)15(19)13-6-5-12(21-13)7-8-16(2,3)20/h5-6,9-11,20H,1-4H3/t11-/m0/s1. The molecule has 116 valence electrons. The lowest BCUT2D eigenvalue weighted by Gasteiger charge is -2.21. The van der Waals surface area contributed by atoms with Crippen LogP contribution >= 0.6 is 11.3 Å². The molecular weight excluding hydrogens is 300 g/mol. The van der Waals surface area contributed by atoms with Gasteiger partial charge in [-0.1, -0.05) is 5.92 Å². The summed E-state index contributed by atoms with van der Waals surface area (Å²) in [5, 5.41) is 12.3. The van der Waals surface area contributed by atoms with E-state index in [9.17, 15) is 9.90 Å². The number of carbonyl (C=O) groups excluding carboxylic acids is 1. The van der Waals surface area contributed by atoms with Crippen LogP contribution in [0.5, 0.6) is 0 Å². The largest absolute Gasteiger partial charge is 0.443 e. The smallest absolute Gasteiger partial charge is 0.289 e. The van der Waals surface area contributed by atoms with Gasteiger partial charge in [0.15, 0.2) is 11.5 Å². The van der Waals surface area contributed by atoms with Crippen molar-refractivity contribution in [3.8, 4) is 11.8 Å². The second-order valence-corrected chi connectivity index (χ2v) is 6.36. The Labute approximate surface area is 133 Å². The van der Waals surface area contributed by atoms with Crippen molar-refractivity contribution >= 4 is 17.2 Å². The molecule has 1 atom stereocenters. The summed E-state index contributed by atoms with van der Waals surface area (Å²) >= 11 is 1.50. The van der Waals surface area contributed by atoms with Crippen LogP contribution in [0.15, 0.2) is 28.1 Å². The molecule has 0 aliphatic heterocycles.